The Labute approximate surface area is 116 Å². The summed E-state index contributed by atoms with van der Waals surface area (Å²) in [5.41, 5.74) is 6.90. The predicted molar refractivity (Wildman–Crippen MR) is 70.8 cm³/mol. The Kier molecular flexibility index (Phi) is 3.50. The number of pyridine rings is 1. The van der Waals surface area contributed by atoms with Crippen LogP contribution in [0.25, 0.3) is 0 Å². The second-order valence-electron chi connectivity index (χ2n) is 5.25. The Hall–Kier alpha value is -1.79. The number of nitrogens with two attached hydrogens (primary N) is 1. The highest BCUT2D eigenvalue weighted by Crippen LogP contribution is 2.27. The number of ketones is 1. The number of nitrogens with zero attached hydrogens (tertiary/aromatic N) is 2. The zero-order valence-corrected chi connectivity index (χ0v) is 11.1. The van der Waals surface area contributed by atoms with Gasteiger partial charge in [-0.3, -0.25) is 14.6 Å². The minimum atomic E-state index is -0.647. The highest BCUT2D eigenvalue weighted by atomic mass is 16.5. The van der Waals surface area contributed by atoms with Gasteiger partial charge in [-0.15, -0.1) is 0 Å². The van der Waals surface area contributed by atoms with Crippen molar-refractivity contribution < 1.29 is 14.3 Å². The van der Waals surface area contributed by atoms with Crippen LogP contribution < -0.4 is 5.73 Å². The van der Waals surface area contributed by atoms with Crippen molar-refractivity contribution in [2.75, 3.05) is 13.2 Å². The number of fused-ring (bicyclic) bond motifs is 1. The smallest absolute Gasteiger partial charge is 0.240 e. The highest BCUT2D eigenvalue weighted by Gasteiger charge is 2.47. The van der Waals surface area contributed by atoms with E-state index in [-0.39, 0.29) is 24.4 Å². The van der Waals surface area contributed by atoms with Gasteiger partial charge in [0.2, 0.25) is 5.91 Å². The van der Waals surface area contributed by atoms with Crippen molar-refractivity contribution in [2.24, 2.45) is 5.73 Å². The van der Waals surface area contributed by atoms with Gasteiger partial charge in [-0.2, -0.15) is 0 Å². The molecule has 3 atom stereocenters. The second-order valence-corrected chi connectivity index (χ2v) is 5.25. The van der Waals surface area contributed by atoms with Crippen LogP contribution in [0.3, 0.4) is 0 Å². The number of ether oxygens (including phenoxy) is 1. The molecular formula is C14H17N3O3. The number of amides is 1. The van der Waals surface area contributed by atoms with Crippen LogP contribution in [0.2, 0.25) is 0 Å². The summed E-state index contributed by atoms with van der Waals surface area (Å²) in [4.78, 5) is 29.8. The number of carbonyl (C=O) groups excluding carboxylic acids is 2. The lowest BCUT2D eigenvalue weighted by Gasteiger charge is -2.25. The minimum Gasteiger partial charge on any atom is -0.368 e. The van der Waals surface area contributed by atoms with E-state index in [0.29, 0.717) is 19.4 Å². The van der Waals surface area contributed by atoms with Crippen LogP contribution in [0, 0.1) is 0 Å². The first kappa shape index (κ1) is 13.2. The van der Waals surface area contributed by atoms with Gasteiger partial charge in [-0.05, 0) is 24.5 Å². The molecule has 1 aromatic heterocycles. The first-order chi connectivity index (χ1) is 9.66. The number of hydrogen-bond acceptors (Lipinski definition) is 5. The summed E-state index contributed by atoms with van der Waals surface area (Å²) in [6.07, 6.45) is 4.37. The number of likely N-dealkylation sites (tertiary alicyclic amines) is 1. The maximum atomic E-state index is 12.4. The number of aromatic nitrogens is 1. The zero-order valence-electron chi connectivity index (χ0n) is 11.1. The van der Waals surface area contributed by atoms with Crippen LogP contribution in [-0.2, 0) is 20.7 Å². The zero-order chi connectivity index (χ0) is 14.1. The molecule has 3 rings (SSSR count). The lowest BCUT2D eigenvalue weighted by molar-refractivity contribution is -0.137. The third-order valence-electron chi connectivity index (χ3n) is 3.89. The maximum absolute atomic E-state index is 12.4. The van der Waals surface area contributed by atoms with E-state index in [1.807, 2.05) is 12.1 Å². The van der Waals surface area contributed by atoms with Crippen LogP contribution in [0.4, 0.5) is 0 Å². The van der Waals surface area contributed by atoms with Gasteiger partial charge >= 0.3 is 0 Å². The van der Waals surface area contributed by atoms with E-state index >= 15 is 0 Å². The summed E-state index contributed by atoms with van der Waals surface area (Å²) in [7, 11) is 0. The molecule has 2 fully saturated rings. The topological polar surface area (TPSA) is 85.5 Å². The summed E-state index contributed by atoms with van der Waals surface area (Å²) in [5, 5.41) is 0. The Morgan fingerprint density at radius 1 is 1.60 bits per heavy atom. The fourth-order valence-electron chi connectivity index (χ4n) is 2.91. The average molecular weight is 275 g/mol. The molecule has 3 unspecified atom stereocenters. The number of rotatable bonds is 3. The number of Topliss-reactive ketones (excluding diaryl/α,β-unsaturated/α-hetero) is 1. The Bertz CT molecular complexity index is 520. The van der Waals surface area contributed by atoms with Gasteiger partial charge in [0.15, 0.2) is 5.78 Å². The van der Waals surface area contributed by atoms with E-state index in [0.717, 1.165) is 5.56 Å². The fourth-order valence-corrected chi connectivity index (χ4v) is 2.91. The first-order valence-electron chi connectivity index (χ1n) is 6.76. The van der Waals surface area contributed by atoms with E-state index < -0.39 is 12.1 Å². The van der Waals surface area contributed by atoms with Gasteiger partial charge in [0.05, 0.1) is 12.1 Å². The van der Waals surface area contributed by atoms with Crippen molar-refractivity contribution in [1.29, 1.82) is 0 Å². The van der Waals surface area contributed by atoms with E-state index in [4.69, 9.17) is 10.5 Å². The van der Waals surface area contributed by atoms with Gasteiger partial charge in [-0.1, -0.05) is 6.07 Å². The summed E-state index contributed by atoms with van der Waals surface area (Å²) in [5.74, 6) is -0.199. The van der Waals surface area contributed by atoms with Crippen LogP contribution in [0.15, 0.2) is 24.5 Å². The molecule has 1 amide bonds. The van der Waals surface area contributed by atoms with E-state index in [1.54, 1.807) is 17.3 Å². The van der Waals surface area contributed by atoms with Crippen molar-refractivity contribution in [3.05, 3.63) is 30.1 Å². The standard InChI is InChI=1S/C14H17N3O3/c15-10(6-9-2-1-4-16-7-9)14(19)17-5-3-12-13(17)11(18)8-20-12/h1-2,4,7,10,12-13H,3,5-6,8,15H2. The molecule has 0 bridgehead atoms. The van der Waals surface area contributed by atoms with Crippen LogP contribution >= 0.6 is 0 Å². The molecule has 2 aliphatic heterocycles. The summed E-state index contributed by atoms with van der Waals surface area (Å²) in [6, 6.07) is 2.62. The van der Waals surface area contributed by atoms with Gasteiger partial charge in [0.25, 0.3) is 0 Å². The fraction of sp³-hybridized carbons (Fsp3) is 0.500. The number of carbonyl (C=O) groups is 2. The summed E-state index contributed by atoms with van der Waals surface area (Å²) >= 11 is 0. The molecule has 2 aliphatic rings. The minimum absolute atomic E-state index is 0.0190. The normalized spacial score (nSPS) is 26.6. The third kappa shape index (κ3) is 2.32. The van der Waals surface area contributed by atoms with E-state index in [9.17, 15) is 9.59 Å². The Morgan fingerprint density at radius 2 is 2.45 bits per heavy atom. The van der Waals surface area contributed by atoms with E-state index in [1.165, 1.54) is 0 Å². The van der Waals surface area contributed by atoms with Gasteiger partial charge in [0.1, 0.15) is 12.6 Å². The van der Waals surface area contributed by atoms with Crippen LogP contribution in [0.5, 0.6) is 0 Å². The monoisotopic (exact) mass is 275 g/mol. The first-order valence-corrected chi connectivity index (χ1v) is 6.76. The molecule has 1 aromatic rings. The molecule has 106 valence electrons. The molecule has 20 heavy (non-hydrogen) atoms. The molecule has 0 aliphatic carbocycles. The predicted octanol–water partition coefficient (Wildman–Crippen LogP) is -0.480. The molecular weight excluding hydrogens is 258 g/mol. The Morgan fingerprint density at radius 3 is 3.20 bits per heavy atom. The molecule has 6 heteroatoms. The molecule has 6 nitrogen and oxygen atoms in total. The average Bonchev–Trinajstić information content (AvgIpc) is 3.03. The SMILES string of the molecule is NC(Cc1cccnc1)C(=O)N1CCC2OCC(=O)C21. The van der Waals surface area contributed by atoms with Crippen LogP contribution in [-0.4, -0.2) is 52.9 Å². The van der Waals surface area contributed by atoms with Crippen molar-refractivity contribution in [3.63, 3.8) is 0 Å². The molecule has 3 heterocycles. The molecule has 0 radical (unpaired) electrons. The number of hydrogen-bond donors (Lipinski definition) is 1. The molecule has 0 spiro atoms. The lowest BCUT2D eigenvalue weighted by Crippen LogP contribution is -2.50. The van der Waals surface area contributed by atoms with Crippen molar-refractivity contribution in [2.45, 2.75) is 31.0 Å². The van der Waals surface area contributed by atoms with E-state index in [2.05, 4.69) is 4.98 Å². The highest BCUT2D eigenvalue weighted by molar-refractivity contribution is 5.94. The van der Waals surface area contributed by atoms with Gasteiger partial charge in [0, 0.05) is 18.9 Å². The third-order valence-corrected chi connectivity index (χ3v) is 3.89. The summed E-state index contributed by atoms with van der Waals surface area (Å²) < 4.78 is 5.37. The molecule has 2 N–H and O–H groups in total. The quantitative estimate of drug-likeness (QED) is 0.805. The maximum Gasteiger partial charge on any atom is 0.240 e. The molecule has 2 saturated heterocycles. The van der Waals surface area contributed by atoms with Crippen molar-refractivity contribution in [1.82, 2.24) is 9.88 Å². The largest absolute Gasteiger partial charge is 0.368 e. The van der Waals surface area contributed by atoms with Gasteiger partial charge < -0.3 is 15.4 Å². The Balaban J connectivity index is 1.68. The van der Waals surface area contributed by atoms with Crippen LogP contribution in [0.1, 0.15) is 12.0 Å². The van der Waals surface area contributed by atoms with Crippen molar-refractivity contribution >= 4 is 11.7 Å². The summed E-state index contributed by atoms with van der Waals surface area (Å²) in [6.45, 7) is 0.650. The van der Waals surface area contributed by atoms with Crippen molar-refractivity contribution in [3.8, 4) is 0 Å². The van der Waals surface area contributed by atoms with Gasteiger partial charge in [-0.25, -0.2) is 0 Å². The molecule has 0 saturated carbocycles. The lowest BCUT2D eigenvalue weighted by atomic mass is 10.1. The molecule has 0 aromatic carbocycles. The second kappa shape index (κ2) is 5.30.